The van der Waals surface area contributed by atoms with E-state index < -0.39 is 0 Å². The minimum Gasteiger partial charge on any atom is -0.369 e. The van der Waals surface area contributed by atoms with Crippen molar-refractivity contribution in [3.63, 3.8) is 0 Å². The Morgan fingerprint density at radius 1 is 1.53 bits per heavy atom. The van der Waals surface area contributed by atoms with Crippen LogP contribution in [0.4, 0.5) is 5.95 Å². The number of nitrogen functional groups attached to an aromatic ring is 1. The first kappa shape index (κ1) is 11.9. The predicted molar refractivity (Wildman–Crippen MR) is 70.3 cm³/mol. The summed E-state index contributed by atoms with van der Waals surface area (Å²) in [6.07, 6.45) is 2.53. The van der Waals surface area contributed by atoms with Crippen molar-refractivity contribution >= 4 is 5.95 Å². The van der Waals surface area contributed by atoms with Crippen LogP contribution in [0, 0.1) is 0 Å². The number of H-pyrrole nitrogens is 1. The summed E-state index contributed by atoms with van der Waals surface area (Å²) in [5, 5.41) is 4.15. The molecule has 3 N–H and O–H groups in total. The normalized spacial score (nSPS) is 15.4. The number of aryl methyl sites for hydroxylation is 1. The topological polar surface area (TPSA) is 92.8 Å². The standard InChI is InChI=1S/C12H16N6O/c1-17-8(2-4-14-17)6-18-5-3-10-9(7-18)11(19)16-12(13)15-10/h2,4H,3,5-7H2,1H3,(H3,13,15,16,19). The van der Waals surface area contributed by atoms with Crippen LogP contribution in [-0.4, -0.2) is 31.2 Å². The number of rotatable bonds is 2. The van der Waals surface area contributed by atoms with Gasteiger partial charge in [0.15, 0.2) is 0 Å². The first-order chi connectivity index (χ1) is 9.13. The number of nitrogens with one attached hydrogen (secondary N) is 1. The second kappa shape index (κ2) is 4.51. The molecule has 0 bridgehead atoms. The fraction of sp³-hybridized carbons (Fsp3) is 0.417. The van der Waals surface area contributed by atoms with Gasteiger partial charge in [0.25, 0.3) is 5.56 Å². The lowest BCUT2D eigenvalue weighted by Crippen LogP contribution is -2.36. The van der Waals surface area contributed by atoms with E-state index in [0.717, 1.165) is 36.5 Å². The molecule has 2 aromatic heterocycles. The summed E-state index contributed by atoms with van der Waals surface area (Å²) in [4.78, 5) is 20.9. The van der Waals surface area contributed by atoms with Gasteiger partial charge in [-0.15, -0.1) is 0 Å². The van der Waals surface area contributed by atoms with Crippen molar-refractivity contribution in [1.82, 2.24) is 24.6 Å². The molecule has 0 aliphatic carbocycles. The first-order valence-corrected chi connectivity index (χ1v) is 6.20. The van der Waals surface area contributed by atoms with Gasteiger partial charge in [0, 0.05) is 39.3 Å². The lowest BCUT2D eigenvalue weighted by atomic mass is 10.1. The van der Waals surface area contributed by atoms with Gasteiger partial charge in [-0.25, -0.2) is 4.98 Å². The smallest absolute Gasteiger partial charge is 0.257 e. The van der Waals surface area contributed by atoms with Crippen molar-refractivity contribution in [3.8, 4) is 0 Å². The van der Waals surface area contributed by atoms with E-state index in [4.69, 9.17) is 5.73 Å². The molecule has 2 aromatic rings. The lowest BCUT2D eigenvalue weighted by molar-refractivity contribution is 0.235. The maximum Gasteiger partial charge on any atom is 0.257 e. The second-order valence-electron chi connectivity index (χ2n) is 4.78. The Morgan fingerprint density at radius 3 is 3.11 bits per heavy atom. The monoisotopic (exact) mass is 260 g/mol. The Morgan fingerprint density at radius 2 is 2.37 bits per heavy atom. The summed E-state index contributed by atoms with van der Waals surface area (Å²) in [5.74, 6) is 0.198. The Balaban J connectivity index is 1.83. The van der Waals surface area contributed by atoms with Crippen LogP contribution >= 0.6 is 0 Å². The summed E-state index contributed by atoms with van der Waals surface area (Å²) in [6.45, 7) is 2.25. The van der Waals surface area contributed by atoms with Crippen molar-refractivity contribution in [2.75, 3.05) is 12.3 Å². The fourth-order valence-corrected chi connectivity index (χ4v) is 2.42. The first-order valence-electron chi connectivity index (χ1n) is 6.20. The molecule has 0 amide bonds. The number of aromatic nitrogens is 4. The predicted octanol–water partition coefficient (Wildman–Crippen LogP) is -0.356. The van der Waals surface area contributed by atoms with Gasteiger partial charge in [-0.2, -0.15) is 5.10 Å². The molecule has 3 rings (SSSR count). The molecule has 0 aromatic carbocycles. The van der Waals surface area contributed by atoms with Gasteiger partial charge in [0.05, 0.1) is 17.0 Å². The van der Waals surface area contributed by atoms with Crippen molar-refractivity contribution in [2.24, 2.45) is 7.05 Å². The van der Waals surface area contributed by atoms with E-state index in [1.807, 2.05) is 17.8 Å². The average molecular weight is 260 g/mol. The molecule has 19 heavy (non-hydrogen) atoms. The molecule has 100 valence electrons. The zero-order valence-corrected chi connectivity index (χ0v) is 10.8. The quantitative estimate of drug-likeness (QED) is 0.769. The number of anilines is 1. The highest BCUT2D eigenvalue weighted by Crippen LogP contribution is 2.16. The zero-order valence-electron chi connectivity index (χ0n) is 10.8. The summed E-state index contributed by atoms with van der Waals surface area (Å²) < 4.78 is 1.85. The van der Waals surface area contributed by atoms with Crippen molar-refractivity contribution in [2.45, 2.75) is 19.5 Å². The van der Waals surface area contributed by atoms with E-state index in [0.29, 0.717) is 6.54 Å². The van der Waals surface area contributed by atoms with Crippen LogP contribution in [-0.2, 0) is 26.6 Å². The van der Waals surface area contributed by atoms with Gasteiger partial charge in [0.1, 0.15) is 0 Å². The molecule has 0 fully saturated rings. The largest absolute Gasteiger partial charge is 0.369 e. The average Bonchev–Trinajstić information content (AvgIpc) is 2.76. The van der Waals surface area contributed by atoms with Gasteiger partial charge in [-0.1, -0.05) is 0 Å². The molecule has 1 aliphatic heterocycles. The summed E-state index contributed by atoms with van der Waals surface area (Å²) >= 11 is 0. The zero-order chi connectivity index (χ0) is 13.4. The van der Waals surface area contributed by atoms with Gasteiger partial charge in [0.2, 0.25) is 5.95 Å². The van der Waals surface area contributed by atoms with Crippen molar-refractivity contribution < 1.29 is 0 Å². The maximum atomic E-state index is 11.9. The molecule has 0 spiro atoms. The summed E-state index contributed by atoms with van der Waals surface area (Å²) in [5.41, 5.74) is 8.10. The third-order valence-corrected chi connectivity index (χ3v) is 3.47. The molecular weight excluding hydrogens is 244 g/mol. The fourth-order valence-electron chi connectivity index (χ4n) is 2.42. The molecule has 1 aliphatic rings. The Bertz CT molecular complexity index is 658. The van der Waals surface area contributed by atoms with Gasteiger partial charge in [-0.05, 0) is 6.07 Å². The molecule has 0 radical (unpaired) electrons. The number of nitrogens with zero attached hydrogens (tertiary/aromatic N) is 4. The minimum atomic E-state index is -0.128. The van der Waals surface area contributed by atoms with Crippen molar-refractivity contribution in [1.29, 1.82) is 0 Å². The van der Waals surface area contributed by atoms with Crippen LogP contribution in [0.15, 0.2) is 17.1 Å². The number of hydrogen-bond acceptors (Lipinski definition) is 5. The summed E-state index contributed by atoms with van der Waals surface area (Å²) in [6, 6.07) is 1.99. The molecule has 7 nitrogen and oxygen atoms in total. The number of hydrogen-bond donors (Lipinski definition) is 2. The SMILES string of the molecule is Cn1nccc1CN1CCc2nc(N)[nH]c(=O)c2C1. The molecule has 7 heteroatoms. The van der Waals surface area contributed by atoms with Crippen LogP contribution in [0.5, 0.6) is 0 Å². The Hall–Kier alpha value is -2.15. The highest BCUT2D eigenvalue weighted by molar-refractivity contribution is 5.27. The van der Waals surface area contributed by atoms with E-state index in [9.17, 15) is 4.79 Å². The number of fused-ring (bicyclic) bond motifs is 1. The Kier molecular flexibility index (Phi) is 2.83. The third kappa shape index (κ3) is 2.24. The highest BCUT2D eigenvalue weighted by atomic mass is 16.1. The van der Waals surface area contributed by atoms with Gasteiger partial charge >= 0.3 is 0 Å². The Labute approximate surface area is 110 Å². The number of aromatic amines is 1. The molecule has 3 heterocycles. The van der Waals surface area contributed by atoms with Crippen LogP contribution in [0.2, 0.25) is 0 Å². The van der Waals surface area contributed by atoms with Crippen LogP contribution < -0.4 is 11.3 Å². The maximum absolute atomic E-state index is 11.9. The van der Waals surface area contributed by atoms with Crippen LogP contribution in [0.1, 0.15) is 17.0 Å². The summed E-state index contributed by atoms with van der Waals surface area (Å²) in [7, 11) is 1.92. The van der Waals surface area contributed by atoms with E-state index >= 15 is 0 Å². The van der Waals surface area contributed by atoms with Crippen LogP contribution in [0.3, 0.4) is 0 Å². The molecule has 0 atom stereocenters. The van der Waals surface area contributed by atoms with Crippen LogP contribution in [0.25, 0.3) is 0 Å². The molecule has 0 saturated heterocycles. The molecule has 0 unspecified atom stereocenters. The van der Waals surface area contributed by atoms with E-state index in [1.165, 1.54) is 0 Å². The molecule has 0 saturated carbocycles. The lowest BCUT2D eigenvalue weighted by Gasteiger charge is -2.27. The third-order valence-electron chi connectivity index (χ3n) is 3.47. The molecular formula is C12H16N6O. The minimum absolute atomic E-state index is 0.128. The van der Waals surface area contributed by atoms with E-state index in [-0.39, 0.29) is 11.5 Å². The van der Waals surface area contributed by atoms with Gasteiger partial charge < -0.3 is 5.73 Å². The van der Waals surface area contributed by atoms with E-state index in [1.54, 1.807) is 6.20 Å². The van der Waals surface area contributed by atoms with Crippen molar-refractivity contribution in [3.05, 3.63) is 39.6 Å². The van der Waals surface area contributed by atoms with E-state index in [2.05, 4.69) is 20.0 Å². The van der Waals surface area contributed by atoms with Gasteiger partial charge in [-0.3, -0.25) is 19.4 Å². The highest BCUT2D eigenvalue weighted by Gasteiger charge is 2.21. The second-order valence-corrected chi connectivity index (χ2v) is 4.78. The number of nitrogens with two attached hydrogens (primary N) is 1.